The first-order valence-electron chi connectivity index (χ1n) is 7.17. The lowest BCUT2D eigenvalue weighted by molar-refractivity contribution is -0.385. The molecule has 1 fully saturated rings. The normalized spacial score (nSPS) is 13.9. The molecule has 1 aliphatic rings. The van der Waals surface area contributed by atoms with Crippen molar-refractivity contribution >= 4 is 11.6 Å². The van der Waals surface area contributed by atoms with E-state index in [0.717, 1.165) is 19.4 Å². The van der Waals surface area contributed by atoms with Crippen molar-refractivity contribution in [3.63, 3.8) is 0 Å². The number of hydrogen-bond acceptors (Lipinski definition) is 5. The van der Waals surface area contributed by atoms with Gasteiger partial charge in [-0.3, -0.25) is 20.3 Å². The average molecular weight is 292 g/mol. The third-order valence-electron chi connectivity index (χ3n) is 3.36. The molecular formula is C14H20N4O3. The molecule has 2 rings (SSSR count). The number of hydrogen-bond donors (Lipinski definition) is 2. The molecule has 21 heavy (non-hydrogen) atoms. The fraction of sp³-hybridized carbons (Fsp3) is 0.500. The van der Waals surface area contributed by atoms with Crippen LogP contribution in [0.4, 0.5) is 5.69 Å². The summed E-state index contributed by atoms with van der Waals surface area (Å²) in [7, 11) is 0. The van der Waals surface area contributed by atoms with Crippen molar-refractivity contribution in [2.75, 3.05) is 26.2 Å². The van der Waals surface area contributed by atoms with E-state index in [1.54, 1.807) is 6.07 Å². The molecule has 1 aliphatic heterocycles. The largest absolute Gasteiger partial charge is 0.301 e. The van der Waals surface area contributed by atoms with E-state index in [9.17, 15) is 14.9 Å². The Hall–Kier alpha value is -1.99. The molecule has 114 valence electrons. The number of amides is 1. The summed E-state index contributed by atoms with van der Waals surface area (Å²) in [5.41, 5.74) is 5.20. The number of nitrogens with zero attached hydrogens (tertiary/aromatic N) is 2. The van der Waals surface area contributed by atoms with E-state index in [-0.39, 0.29) is 11.3 Å². The zero-order chi connectivity index (χ0) is 15.1. The van der Waals surface area contributed by atoms with Crippen LogP contribution in [0, 0.1) is 10.1 Å². The van der Waals surface area contributed by atoms with Crippen LogP contribution in [-0.4, -0.2) is 41.9 Å². The third kappa shape index (κ3) is 5.13. The van der Waals surface area contributed by atoms with E-state index in [1.807, 2.05) is 0 Å². The molecule has 0 unspecified atom stereocenters. The third-order valence-corrected chi connectivity index (χ3v) is 3.36. The summed E-state index contributed by atoms with van der Waals surface area (Å²) in [6, 6.07) is 5.91. The minimum atomic E-state index is -0.553. The number of carbonyl (C=O) groups excluding carboxylic acids is 1. The van der Waals surface area contributed by atoms with E-state index in [2.05, 4.69) is 15.8 Å². The first-order valence-corrected chi connectivity index (χ1v) is 7.17. The number of para-hydroxylation sites is 1. The monoisotopic (exact) mass is 292 g/mol. The van der Waals surface area contributed by atoms with Crippen LogP contribution in [0.15, 0.2) is 24.3 Å². The van der Waals surface area contributed by atoms with E-state index in [4.69, 9.17) is 0 Å². The molecule has 7 heteroatoms. The van der Waals surface area contributed by atoms with Crippen LogP contribution in [0.3, 0.4) is 0 Å². The molecule has 0 bridgehead atoms. The fourth-order valence-corrected chi connectivity index (χ4v) is 2.05. The van der Waals surface area contributed by atoms with Gasteiger partial charge in [0.2, 0.25) is 0 Å². The molecule has 0 aromatic heterocycles. The van der Waals surface area contributed by atoms with Gasteiger partial charge in [-0.2, -0.15) is 0 Å². The van der Waals surface area contributed by atoms with Crippen LogP contribution >= 0.6 is 0 Å². The van der Waals surface area contributed by atoms with Gasteiger partial charge in [-0.1, -0.05) is 18.6 Å². The van der Waals surface area contributed by atoms with Gasteiger partial charge < -0.3 is 4.90 Å². The second-order valence-electron chi connectivity index (χ2n) is 5.06. The minimum Gasteiger partial charge on any atom is -0.301 e. The van der Waals surface area contributed by atoms with E-state index in [0.29, 0.717) is 6.54 Å². The molecule has 0 radical (unpaired) electrons. The van der Waals surface area contributed by atoms with Gasteiger partial charge in [0, 0.05) is 25.7 Å². The lowest BCUT2D eigenvalue weighted by Gasteiger charge is -2.07. The van der Waals surface area contributed by atoms with Gasteiger partial charge in [-0.05, 0) is 25.5 Å². The number of nitrogens with one attached hydrogen (secondary N) is 2. The van der Waals surface area contributed by atoms with Gasteiger partial charge in [0.15, 0.2) is 0 Å². The summed E-state index contributed by atoms with van der Waals surface area (Å²) >= 11 is 0. The average Bonchev–Trinajstić information content (AvgIpc) is 3.30. The molecule has 7 nitrogen and oxygen atoms in total. The number of hydrazine groups is 1. The molecule has 1 aromatic carbocycles. The number of nitro groups is 1. The quantitative estimate of drug-likeness (QED) is 0.310. The van der Waals surface area contributed by atoms with Gasteiger partial charge >= 0.3 is 0 Å². The first-order chi connectivity index (χ1) is 10.2. The number of carbonyl (C=O) groups is 1. The van der Waals surface area contributed by atoms with E-state index < -0.39 is 10.8 Å². The number of unbranched alkanes of at least 4 members (excludes halogenated alkanes) is 2. The second-order valence-corrected chi connectivity index (χ2v) is 5.06. The van der Waals surface area contributed by atoms with Crippen molar-refractivity contribution in [2.24, 2.45) is 0 Å². The Morgan fingerprint density at radius 1 is 1.24 bits per heavy atom. The van der Waals surface area contributed by atoms with Crippen LogP contribution < -0.4 is 10.9 Å². The first kappa shape index (κ1) is 15.4. The predicted molar refractivity (Wildman–Crippen MR) is 78.9 cm³/mol. The highest BCUT2D eigenvalue weighted by Gasteiger charge is 2.18. The van der Waals surface area contributed by atoms with Crippen molar-refractivity contribution < 1.29 is 9.72 Å². The van der Waals surface area contributed by atoms with Gasteiger partial charge in [-0.15, -0.1) is 0 Å². The van der Waals surface area contributed by atoms with E-state index >= 15 is 0 Å². The molecule has 1 amide bonds. The maximum atomic E-state index is 11.9. The number of rotatable bonds is 9. The summed E-state index contributed by atoms with van der Waals surface area (Å²) in [5, 5.41) is 10.8. The fourth-order valence-electron chi connectivity index (χ4n) is 2.05. The summed E-state index contributed by atoms with van der Waals surface area (Å²) in [5.74, 6) is -0.480. The van der Waals surface area contributed by atoms with Gasteiger partial charge in [0.1, 0.15) is 5.56 Å². The minimum absolute atomic E-state index is 0.0662. The molecule has 0 saturated carbocycles. The molecular weight excluding hydrogens is 272 g/mol. The number of benzene rings is 1. The molecule has 1 saturated heterocycles. The van der Waals surface area contributed by atoms with Crippen LogP contribution in [0.5, 0.6) is 0 Å². The summed E-state index contributed by atoms with van der Waals surface area (Å²) in [6.07, 6.45) is 3.23. The summed E-state index contributed by atoms with van der Waals surface area (Å²) in [6.45, 7) is 4.27. The zero-order valence-electron chi connectivity index (χ0n) is 11.9. The number of nitro benzene ring substituents is 1. The zero-order valence-corrected chi connectivity index (χ0v) is 11.9. The topological polar surface area (TPSA) is 87.3 Å². The molecule has 0 spiro atoms. The standard InChI is InChI=1S/C14H20N4O3/c19-14(12-6-2-3-7-13(12)18(20)21)16-15-8-4-1-5-9-17-10-11-17/h2-3,6-7,15H,1,4-5,8-11H2,(H,16,19). The summed E-state index contributed by atoms with van der Waals surface area (Å²) < 4.78 is 0. The SMILES string of the molecule is O=C(NNCCCCCN1CC1)c1ccccc1[N+](=O)[O-]. The highest BCUT2D eigenvalue weighted by atomic mass is 16.6. The Morgan fingerprint density at radius 2 is 2.00 bits per heavy atom. The van der Waals surface area contributed by atoms with Crippen molar-refractivity contribution in [3.05, 3.63) is 39.9 Å². The molecule has 2 N–H and O–H groups in total. The Bertz CT molecular complexity index is 503. The molecule has 1 heterocycles. The van der Waals surface area contributed by atoms with Crippen molar-refractivity contribution in [1.29, 1.82) is 0 Å². The Labute approximate surface area is 123 Å². The second kappa shape index (κ2) is 7.70. The lowest BCUT2D eigenvalue weighted by atomic mass is 10.2. The predicted octanol–water partition coefficient (Wildman–Crippen LogP) is 1.32. The van der Waals surface area contributed by atoms with Crippen LogP contribution in [0.1, 0.15) is 29.6 Å². The van der Waals surface area contributed by atoms with E-state index in [1.165, 1.54) is 37.7 Å². The van der Waals surface area contributed by atoms with Gasteiger partial charge in [0.25, 0.3) is 11.6 Å². The smallest absolute Gasteiger partial charge is 0.282 e. The van der Waals surface area contributed by atoms with Gasteiger partial charge in [-0.25, -0.2) is 5.43 Å². The highest BCUT2D eigenvalue weighted by molar-refractivity contribution is 5.97. The molecule has 0 atom stereocenters. The Kier molecular flexibility index (Phi) is 5.65. The van der Waals surface area contributed by atoms with Crippen molar-refractivity contribution in [3.8, 4) is 0 Å². The maximum Gasteiger partial charge on any atom is 0.282 e. The van der Waals surface area contributed by atoms with Crippen molar-refractivity contribution in [1.82, 2.24) is 15.8 Å². The van der Waals surface area contributed by atoms with Crippen LogP contribution in [-0.2, 0) is 0 Å². The Balaban J connectivity index is 1.65. The Morgan fingerprint density at radius 3 is 2.71 bits per heavy atom. The van der Waals surface area contributed by atoms with Gasteiger partial charge in [0.05, 0.1) is 4.92 Å². The lowest BCUT2D eigenvalue weighted by Crippen LogP contribution is -2.38. The van der Waals surface area contributed by atoms with Crippen molar-refractivity contribution in [2.45, 2.75) is 19.3 Å². The molecule has 1 aromatic rings. The van der Waals surface area contributed by atoms with Crippen LogP contribution in [0.25, 0.3) is 0 Å². The summed E-state index contributed by atoms with van der Waals surface area (Å²) in [4.78, 5) is 24.5. The molecule has 0 aliphatic carbocycles. The maximum absolute atomic E-state index is 11.9. The highest BCUT2D eigenvalue weighted by Crippen LogP contribution is 2.16. The van der Waals surface area contributed by atoms with Crippen LogP contribution in [0.2, 0.25) is 0 Å².